The predicted octanol–water partition coefficient (Wildman–Crippen LogP) is 10.5. The van der Waals surface area contributed by atoms with Crippen molar-refractivity contribution in [3.05, 3.63) is 154 Å². The van der Waals surface area contributed by atoms with Gasteiger partial charge in [0, 0.05) is 18.2 Å². The average molecular weight is 980 g/mol. The van der Waals surface area contributed by atoms with Crippen LogP contribution in [0.1, 0.15) is 85.9 Å². The molecule has 0 unspecified atom stereocenters. The van der Waals surface area contributed by atoms with Crippen molar-refractivity contribution in [1.82, 2.24) is 0 Å². The largest absolute Gasteiger partial charge is 0.497 e. The van der Waals surface area contributed by atoms with E-state index in [0.29, 0.717) is 48.8 Å². The fourth-order valence-electron chi connectivity index (χ4n) is 7.71. The highest BCUT2D eigenvalue weighted by Crippen LogP contribution is 2.45. The molecule has 15 heteroatoms. The zero-order chi connectivity index (χ0) is 48.0. The number of benzene rings is 5. The summed E-state index contributed by atoms with van der Waals surface area (Å²) >= 11 is 6.93. The van der Waals surface area contributed by atoms with E-state index in [9.17, 15) is 16.8 Å². The second-order valence-corrected chi connectivity index (χ2v) is 20.4. The van der Waals surface area contributed by atoms with Crippen LogP contribution in [-0.2, 0) is 60.6 Å². The van der Waals surface area contributed by atoms with E-state index in [0.717, 1.165) is 46.4 Å². The highest BCUT2D eigenvalue weighted by atomic mass is 35.5. The molecule has 0 saturated carbocycles. The Kier molecular flexibility index (Phi) is 18.9. The molecule has 12 nitrogen and oxygen atoms in total. The molecule has 5 aromatic rings. The van der Waals surface area contributed by atoms with Crippen molar-refractivity contribution in [3.8, 4) is 11.5 Å². The maximum Gasteiger partial charge on any atom is 0.297 e. The Morgan fingerprint density at radius 3 is 1.67 bits per heavy atom. The Balaban J connectivity index is 1.53. The lowest BCUT2D eigenvalue weighted by molar-refractivity contribution is -0.311. The maximum absolute atomic E-state index is 14.2. The van der Waals surface area contributed by atoms with E-state index in [1.807, 2.05) is 76.2 Å². The summed E-state index contributed by atoms with van der Waals surface area (Å²) in [6.07, 6.45) is -0.622. The van der Waals surface area contributed by atoms with Crippen molar-refractivity contribution in [1.29, 1.82) is 0 Å². The molecule has 0 aromatic heterocycles. The van der Waals surface area contributed by atoms with Gasteiger partial charge in [0.25, 0.3) is 20.2 Å². The summed E-state index contributed by atoms with van der Waals surface area (Å²) in [6.45, 7) is 9.36. The highest BCUT2D eigenvalue weighted by molar-refractivity contribution is 7.87. The zero-order valence-electron chi connectivity index (χ0n) is 39.2. The molecule has 362 valence electrons. The Hall–Kier alpha value is -4.35. The van der Waals surface area contributed by atoms with Gasteiger partial charge in [-0.05, 0) is 117 Å². The third-order valence-electron chi connectivity index (χ3n) is 11.6. The number of hydrogen-bond donors (Lipinski definition) is 0. The number of ether oxygens (including phenoxy) is 6. The number of rotatable bonds is 25. The van der Waals surface area contributed by atoms with Crippen molar-refractivity contribution in [2.75, 3.05) is 40.1 Å². The first-order valence-corrected chi connectivity index (χ1v) is 26.0. The topological polar surface area (TPSA) is 142 Å². The molecule has 0 spiro atoms. The Bertz CT molecular complexity index is 2450. The molecule has 0 amide bonds. The Morgan fingerprint density at radius 1 is 0.627 bits per heavy atom. The predicted molar refractivity (Wildman–Crippen MR) is 258 cm³/mol. The SMILES string of the molecule is CCCCO[C@@H]1[C@@H](OCCCC)[C@H](OCc2ccc(OC)cc2)C(COS(=O)(=O)c2ccc(C)cc2)(COS(=O)(=O)c2ccc(C)cc2)O[C@H]1c1ccc(Cl)c(Cc2ccc(OCC)cc2)c1. The van der Waals surface area contributed by atoms with Crippen molar-refractivity contribution in [2.45, 2.75) is 113 Å². The minimum atomic E-state index is -4.48. The Labute approximate surface area is 402 Å². The average Bonchev–Trinajstić information content (AvgIpc) is 3.32. The molecule has 5 aromatic carbocycles. The van der Waals surface area contributed by atoms with E-state index in [-0.39, 0.29) is 23.0 Å². The van der Waals surface area contributed by atoms with E-state index in [2.05, 4.69) is 6.92 Å². The molecule has 0 N–H and O–H groups in total. The van der Waals surface area contributed by atoms with Crippen molar-refractivity contribution >= 4 is 31.8 Å². The molecule has 1 aliphatic rings. The van der Waals surface area contributed by atoms with Crippen LogP contribution in [0.15, 0.2) is 125 Å². The number of halogens is 1. The lowest BCUT2D eigenvalue weighted by atomic mass is 9.82. The molecule has 0 radical (unpaired) electrons. The monoisotopic (exact) mass is 978 g/mol. The number of methoxy groups -OCH3 is 1. The van der Waals surface area contributed by atoms with Gasteiger partial charge < -0.3 is 28.4 Å². The summed E-state index contributed by atoms with van der Waals surface area (Å²) < 4.78 is 108. The second kappa shape index (κ2) is 24.3. The Morgan fingerprint density at radius 2 is 1.15 bits per heavy atom. The standard InChI is InChI=1S/C52H63ClO12S2/c1-7-10-30-60-49-48(41-20-29-47(53)42(33-41)32-39-16-23-44(24-17-39)59-9-3)65-52(35-63-66(54,55)45-25-12-37(4)13-26-45,36-64-67(56,57)46-27-14-38(5)15-28-46)51(50(49)61-31-11-8-2)62-34-40-18-21-43(58-6)22-19-40/h12-29,33,48-51H,7-11,30-32,34-36H2,1-6H3/t48-,49-,50+,51-/m0/s1. The zero-order valence-corrected chi connectivity index (χ0v) is 41.5. The van der Waals surface area contributed by atoms with Crippen LogP contribution in [0.2, 0.25) is 5.02 Å². The maximum atomic E-state index is 14.2. The summed E-state index contributed by atoms with van der Waals surface area (Å²) in [4.78, 5) is -0.199. The van der Waals surface area contributed by atoms with Gasteiger partial charge in [-0.2, -0.15) is 16.8 Å². The lowest BCUT2D eigenvalue weighted by Gasteiger charge is -2.52. The quantitative estimate of drug-likeness (QED) is 0.0406. The molecule has 67 heavy (non-hydrogen) atoms. The lowest BCUT2D eigenvalue weighted by Crippen LogP contribution is -2.67. The van der Waals surface area contributed by atoms with Crippen LogP contribution in [0.25, 0.3) is 0 Å². The van der Waals surface area contributed by atoms with Crippen LogP contribution in [0.5, 0.6) is 11.5 Å². The van der Waals surface area contributed by atoms with Crippen LogP contribution < -0.4 is 9.47 Å². The second-order valence-electron chi connectivity index (χ2n) is 16.7. The summed E-state index contributed by atoms with van der Waals surface area (Å²) in [5.41, 5.74) is 2.82. The molecule has 4 atom stereocenters. The van der Waals surface area contributed by atoms with Crippen LogP contribution in [0.3, 0.4) is 0 Å². The van der Waals surface area contributed by atoms with Gasteiger partial charge in [0.15, 0.2) is 0 Å². The number of hydrogen-bond acceptors (Lipinski definition) is 12. The van der Waals surface area contributed by atoms with Gasteiger partial charge in [-0.15, -0.1) is 0 Å². The fourth-order valence-corrected chi connectivity index (χ4v) is 9.81. The summed E-state index contributed by atoms with van der Waals surface area (Å²) in [6, 6.07) is 33.0. The molecule has 1 aliphatic heterocycles. The molecule has 0 aliphatic carbocycles. The fraction of sp³-hybridized carbons (Fsp3) is 0.423. The first-order valence-electron chi connectivity index (χ1n) is 22.8. The molecule has 1 heterocycles. The molecule has 1 saturated heterocycles. The van der Waals surface area contributed by atoms with Crippen LogP contribution in [0, 0.1) is 13.8 Å². The van der Waals surface area contributed by atoms with E-state index in [1.54, 1.807) is 49.6 Å². The summed E-state index contributed by atoms with van der Waals surface area (Å²) in [7, 11) is -7.39. The van der Waals surface area contributed by atoms with Gasteiger partial charge in [-0.1, -0.05) is 110 Å². The molecule has 0 bridgehead atoms. The third-order valence-corrected chi connectivity index (χ3v) is 14.5. The number of aryl methyl sites for hydroxylation is 2. The minimum Gasteiger partial charge on any atom is -0.497 e. The summed E-state index contributed by atoms with van der Waals surface area (Å²) in [5, 5.41) is 0.514. The van der Waals surface area contributed by atoms with E-state index < -0.39 is 63.5 Å². The normalized spacial score (nSPS) is 18.4. The minimum absolute atomic E-state index is 0.0254. The summed E-state index contributed by atoms with van der Waals surface area (Å²) in [5.74, 6) is 1.39. The van der Waals surface area contributed by atoms with Crippen LogP contribution in [0.4, 0.5) is 0 Å². The van der Waals surface area contributed by atoms with Gasteiger partial charge in [0.1, 0.15) is 54.7 Å². The van der Waals surface area contributed by atoms with Gasteiger partial charge in [-0.3, -0.25) is 8.37 Å². The molecule has 1 fully saturated rings. The van der Waals surface area contributed by atoms with E-state index >= 15 is 0 Å². The van der Waals surface area contributed by atoms with Gasteiger partial charge in [0.2, 0.25) is 0 Å². The van der Waals surface area contributed by atoms with Gasteiger partial charge in [-0.25, -0.2) is 0 Å². The molecular formula is C52H63ClO12S2. The van der Waals surface area contributed by atoms with Crippen molar-refractivity contribution in [2.24, 2.45) is 0 Å². The number of unbranched alkanes of at least 4 members (excludes halogenated alkanes) is 2. The van der Waals surface area contributed by atoms with E-state index in [1.165, 1.54) is 24.3 Å². The van der Waals surface area contributed by atoms with Gasteiger partial charge in [0.05, 0.1) is 30.1 Å². The molecule has 6 rings (SSSR count). The van der Waals surface area contributed by atoms with Gasteiger partial charge >= 0.3 is 0 Å². The smallest absolute Gasteiger partial charge is 0.297 e. The van der Waals surface area contributed by atoms with Crippen molar-refractivity contribution in [3.63, 3.8) is 0 Å². The molecular weight excluding hydrogens is 916 g/mol. The van der Waals surface area contributed by atoms with Crippen LogP contribution in [-0.4, -0.2) is 80.9 Å². The van der Waals surface area contributed by atoms with Crippen LogP contribution >= 0.6 is 11.6 Å². The highest BCUT2D eigenvalue weighted by Gasteiger charge is 2.59. The first kappa shape index (κ1) is 52.0. The van der Waals surface area contributed by atoms with Crippen molar-refractivity contribution < 1.29 is 53.6 Å². The first-order chi connectivity index (χ1) is 32.2. The third kappa shape index (κ3) is 13.9. The van der Waals surface area contributed by atoms with E-state index in [4.69, 9.17) is 48.4 Å².